The number of rotatable bonds is 3. The highest BCUT2D eigenvalue weighted by Gasteiger charge is 2.16. The standard InChI is InChI=1S/C14H20N2O4/c1-14(2,3)20-13(19)16-15-12(18)8-10-5-4-6-11(7-10)9-17/h4-7,17H,8-9H2,1-3H3,(H,15,18)(H,16,19). The molecular weight excluding hydrogens is 260 g/mol. The summed E-state index contributed by atoms with van der Waals surface area (Å²) in [6.07, 6.45) is -0.612. The summed E-state index contributed by atoms with van der Waals surface area (Å²) in [5.41, 5.74) is 5.30. The molecule has 0 radical (unpaired) electrons. The van der Waals surface area contributed by atoms with E-state index in [1.54, 1.807) is 45.0 Å². The van der Waals surface area contributed by atoms with Crippen LogP contribution in [0.2, 0.25) is 0 Å². The summed E-state index contributed by atoms with van der Waals surface area (Å²) in [6, 6.07) is 7.02. The van der Waals surface area contributed by atoms with Gasteiger partial charge in [-0.15, -0.1) is 0 Å². The molecule has 0 heterocycles. The van der Waals surface area contributed by atoms with E-state index in [0.29, 0.717) is 0 Å². The van der Waals surface area contributed by atoms with Gasteiger partial charge >= 0.3 is 6.09 Å². The molecule has 0 bridgehead atoms. The number of nitrogens with one attached hydrogen (secondary N) is 2. The number of hydrazine groups is 1. The molecule has 1 aromatic rings. The van der Waals surface area contributed by atoms with Crippen LogP contribution in [0.3, 0.4) is 0 Å². The highest BCUT2D eigenvalue weighted by atomic mass is 16.6. The Hall–Kier alpha value is -2.08. The van der Waals surface area contributed by atoms with Gasteiger partial charge in [0.1, 0.15) is 5.60 Å². The van der Waals surface area contributed by atoms with Crippen molar-refractivity contribution in [3.8, 4) is 0 Å². The summed E-state index contributed by atoms with van der Waals surface area (Å²) < 4.78 is 4.98. The van der Waals surface area contributed by atoms with Crippen molar-refractivity contribution in [1.29, 1.82) is 0 Å². The van der Waals surface area contributed by atoms with Crippen LogP contribution < -0.4 is 10.9 Å². The first kappa shape index (κ1) is 16.0. The topological polar surface area (TPSA) is 87.7 Å². The Morgan fingerprint density at radius 1 is 1.20 bits per heavy atom. The van der Waals surface area contributed by atoms with Crippen molar-refractivity contribution in [1.82, 2.24) is 10.9 Å². The molecule has 3 N–H and O–H groups in total. The van der Waals surface area contributed by atoms with Crippen LogP contribution in [0.1, 0.15) is 31.9 Å². The van der Waals surface area contributed by atoms with Crippen molar-refractivity contribution >= 4 is 12.0 Å². The third-order valence-corrected chi connectivity index (χ3v) is 2.24. The Kier molecular flexibility index (Phi) is 5.52. The molecular formula is C14H20N2O4. The van der Waals surface area contributed by atoms with Gasteiger partial charge in [0.25, 0.3) is 0 Å². The maximum absolute atomic E-state index is 11.6. The van der Waals surface area contributed by atoms with Crippen LogP contribution in [-0.4, -0.2) is 22.7 Å². The summed E-state index contributed by atoms with van der Waals surface area (Å²) in [5.74, 6) is -0.369. The van der Waals surface area contributed by atoms with E-state index >= 15 is 0 Å². The molecule has 0 aliphatic heterocycles. The van der Waals surface area contributed by atoms with Gasteiger partial charge in [0.2, 0.25) is 5.91 Å². The predicted molar refractivity (Wildman–Crippen MR) is 73.6 cm³/mol. The molecule has 0 aromatic heterocycles. The molecule has 0 fully saturated rings. The number of aliphatic hydroxyl groups is 1. The van der Waals surface area contributed by atoms with Gasteiger partial charge in [-0.2, -0.15) is 0 Å². The highest BCUT2D eigenvalue weighted by molar-refractivity contribution is 5.81. The normalized spacial score (nSPS) is 10.8. The highest BCUT2D eigenvalue weighted by Crippen LogP contribution is 2.07. The monoisotopic (exact) mass is 280 g/mol. The number of aliphatic hydroxyl groups excluding tert-OH is 1. The zero-order valence-electron chi connectivity index (χ0n) is 11.9. The summed E-state index contributed by atoms with van der Waals surface area (Å²) in [6.45, 7) is 5.12. The number of carbonyl (C=O) groups is 2. The van der Waals surface area contributed by atoms with Crippen LogP contribution >= 0.6 is 0 Å². The molecule has 0 atom stereocenters. The minimum absolute atomic E-state index is 0.0778. The molecule has 0 unspecified atom stereocenters. The fourth-order valence-corrected chi connectivity index (χ4v) is 1.49. The van der Waals surface area contributed by atoms with Crippen molar-refractivity contribution in [2.45, 2.75) is 39.4 Å². The molecule has 20 heavy (non-hydrogen) atoms. The second kappa shape index (κ2) is 6.91. The van der Waals surface area contributed by atoms with E-state index in [0.717, 1.165) is 11.1 Å². The molecule has 0 saturated heterocycles. The Balaban J connectivity index is 2.42. The molecule has 0 aliphatic rings. The zero-order chi connectivity index (χ0) is 15.2. The molecule has 110 valence electrons. The smallest absolute Gasteiger partial charge is 0.426 e. The van der Waals surface area contributed by atoms with E-state index in [1.165, 1.54) is 0 Å². The summed E-state index contributed by atoms with van der Waals surface area (Å²) in [7, 11) is 0. The van der Waals surface area contributed by atoms with E-state index in [1.807, 2.05) is 0 Å². The van der Waals surface area contributed by atoms with Crippen LogP contribution in [0.15, 0.2) is 24.3 Å². The average Bonchev–Trinajstić information content (AvgIpc) is 2.34. The Labute approximate surface area is 118 Å². The van der Waals surface area contributed by atoms with Crippen molar-refractivity contribution in [3.05, 3.63) is 35.4 Å². The lowest BCUT2D eigenvalue weighted by Crippen LogP contribution is -2.44. The average molecular weight is 280 g/mol. The minimum atomic E-state index is -0.713. The SMILES string of the molecule is CC(C)(C)OC(=O)NNC(=O)Cc1cccc(CO)c1. The number of amides is 2. The van der Waals surface area contributed by atoms with Gasteiger partial charge in [0.15, 0.2) is 0 Å². The van der Waals surface area contributed by atoms with Crippen molar-refractivity contribution < 1.29 is 19.4 Å². The van der Waals surface area contributed by atoms with Crippen molar-refractivity contribution in [3.63, 3.8) is 0 Å². The van der Waals surface area contributed by atoms with Gasteiger partial charge in [-0.3, -0.25) is 10.2 Å². The first-order chi connectivity index (χ1) is 9.30. The second-order valence-electron chi connectivity index (χ2n) is 5.33. The molecule has 6 nitrogen and oxygen atoms in total. The third kappa shape index (κ3) is 6.19. The first-order valence-electron chi connectivity index (χ1n) is 6.26. The molecule has 1 rings (SSSR count). The summed E-state index contributed by atoms with van der Waals surface area (Å²) >= 11 is 0. The van der Waals surface area contributed by atoms with E-state index in [2.05, 4.69) is 10.9 Å². The van der Waals surface area contributed by atoms with Crippen molar-refractivity contribution in [2.75, 3.05) is 0 Å². The van der Waals surface area contributed by atoms with Crippen LogP contribution in [0.25, 0.3) is 0 Å². The molecule has 0 aliphatic carbocycles. The van der Waals surface area contributed by atoms with Gasteiger partial charge in [0, 0.05) is 0 Å². The number of benzene rings is 1. The quantitative estimate of drug-likeness (QED) is 0.728. The lowest BCUT2D eigenvalue weighted by Gasteiger charge is -2.19. The Bertz CT molecular complexity index is 480. The lowest BCUT2D eigenvalue weighted by molar-refractivity contribution is -0.121. The van der Waals surface area contributed by atoms with E-state index < -0.39 is 11.7 Å². The van der Waals surface area contributed by atoms with E-state index in [9.17, 15) is 9.59 Å². The minimum Gasteiger partial charge on any atom is -0.443 e. The van der Waals surface area contributed by atoms with Gasteiger partial charge in [0.05, 0.1) is 13.0 Å². The number of carbonyl (C=O) groups excluding carboxylic acids is 2. The van der Waals surface area contributed by atoms with Gasteiger partial charge < -0.3 is 9.84 Å². The molecule has 6 heteroatoms. The maximum atomic E-state index is 11.6. The van der Waals surface area contributed by atoms with Crippen LogP contribution in [-0.2, 0) is 22.6 Å². The number of hydrogen-bond donors (Lipinski definition) is 3. The number of hydrogen-bond acceptors (Lipinski definition) is 4. The summed E-state index contributed by atoms with van der Waals surface area (Å²) in [4.78, 5) is 23.0. The van der Waals surface area contributed by atoms with Crippen LogP contribution in [0, 0.1) is 0 Å². The fraction of sp³-hybridized carbons (Fsp3) is 0.429. The van der Waals surface area contributed by atoms with Crippen molar-refractivity contribution in [2.24, 2.45) is 0 Å². The second-order valence-corrected chi connectivity index (χ2v) is 5.33. The molecule has 1 aromatic carbocycles. The predicted octanol–water partition coefficient (Wildman–Crippen LogP) is 1.28. The van der Waals surface area contributed by atoms with Crippen LogP contribution in [0.5, 0.6) is 0 Å². The van der Waals surface area contributed by atoms with Gasteiger partial charge in [-0.05, 0) is 31.9 Å². The van der Waals surface area contributed by atoms with E-state index in [-0.39, 0.29) is 18.9 Å². The third-order valence-electron chi connectivity index (χ3n) is 2.24. The van der Waals surface area contributed by atoms with E-state index in [4.69, 9.17) is 9.84 Å². The van der Waals surface area contributed by atoms with Gasteiger partial charge in [-0.1, -0.05) is 24.3 Å². The zero-order valence-corrected chi connectivity index (χ0v) is 11.9. The number of ether oxygens (including phenoxy) is 1. The molecule has 0 saturated carbocycles. The maximum Gasteiger partial charge on any atom is 0.426 e. The first-order valence-corrected chi connectivity index (χ1v) is 6.26. The molecule has 2 amide bonds. The fourth-order valence-electron chi connectivity index (χ4n) is 1.49. The Morgan fingerprint density at radius 2 is 1.85 bits per heavy atom. The Morgan fingerprint density at radius 3 is 2.45 bits per heavy atom. The summed E-state index contributed by atoms with van der Waals surface area (Å²) in [5, 5.41) is 9.01. The largest absolute Gasteiger partial charge is 0.443 e. The van der Waals surface area contributed by atoms with Crippen LogP contribution in [0.4, 0.5) is 4.79 Å². The van der Waals surface area contributed by atoms with Gasteiger partial charge in [-0.25, -0.2) is 10.2 Å². The lowest BCUT2D eigenvalue weighted by atomic mass is 10.1. The molecule has 0 spiro atoms.